The van der Waals surface area contributed by atoms with Crippen LogP contribution in [0, 0.1) is 0 Å². The van der Waals surface area contributed by atoms with Crippen LogP contribution in [0.2, 0.25) is 5.02 Å². The molecule has 2 aromatic carbocycles. The highest BCUT2D eigenvalue weighted by molar-refractivity contribution is 7.89. The van der Waals surface area contributed by atoms with Crippen molar-refractivity contribution >= 4 is 33.2 Å². The second-order valence-corrected chi connectivity index (χ2v) is 8.87. The first kappa shape index (κ1) is 20.4. The van der Waals surface area contributed by atoms with E-state index >= 15 is 0 Å². The number of hydrogen-bond acceptors (Lipinski definition) is 3. The lowest BCUT2D eigenvalue weighted by Gasteiger charge is -2.14. The van der Waals surface area contributed by atoms with Crippen LogP contribution in [-0.2, 0) is 10.0 Å². The van der Waals surface area contributed by atoms with E-state index < -0.39 is 15.9 Å². The fourth-order valence-corrected chi connectivity index (χ4v) is 3.51. The van der Waals surface area contributed by atoms with E-state index in [1.165, 1.54) is 37.9 Å². The van der Waals surface area contributed by atoms with E-state index in [1.54, 1.807) is 0 Å². The Morgan fingerprint density at radius 2 is 1.77 bits per heavy atom. The highest BCUT2D eigenvalue weighted by Gasteiger charge is 2.21. The number of benzene rings is 2. The number of hydrogen-bond donors (Lipinski definition) is 1. The van der Waals surface area contributed by atoms with Gasteiger partial charge in [-0.15, -0.1) is 0 Å². The van der Waals surface area contributed by atoms with Crippen LogP contribution in [0.3, 0.4) is 0 Å². The van der Waals surface area contributed by atoms with Gasteiger partial charge in [-0.05, 0) is 48.2 Å². The summed E-state index contributed by atoms with van der Waals surface area (Å²) in [5.74, 6) is -0.00999. The van der Waals surface area contributed by atoms with Gasteiger partial charge < -0.3 is 5.32 Å². The third-order valence-corrected chi connectivity index (χ3v) is 6.45. The van der Waals surface area contributed by atoms with Crippen molar-refractivity contribution in [1.82, 2.24) is 4.31 Å². The van der Waals surface area contributed by atoms with E-state index in [0.29, 0.717) is 11.6 Å². The maximum atomic E-state index is 12.6. The second kappa shape index (κ2) is 8.20. The Morgan fingerprint density at radius 3 is 2.31 bits per heavy atom. The first-order valence-electron chi connectivity index (χ1n) is 8.30. The molecule has 0 saturated heterocycles. The molecule has 1 atom stereocenters. The lowest BCUT2D eigenvalue weighted by atomic mass is 9.98. The van der Waals surface area contributed by atoms with Crippen molar-refractivity contribution in [3.8, 4) is 0 Å². The van der Waals surface area contributed by atoms with Gasteiger partial charge in [0.1, 0.15) is 0 Å². The van der Waals surface area contributed by atoms with Gasteiger partial charge in [-0.3, -0.25) is 4.79 Å². The number of anilines is 1. The van der Waals surface area contributed by atoms with Crippen molar-refractivity contribution in [3.05, 3.63) is 58.6 Å². The molecule has 0 unspecified atom stereocenters. The van der Waals surface area contributed by atoms with Gasteiger partial charge in [-0.25, -0.2) is 12.7 Å². The van der Waals surface area contributed by atoms with E-state index in [4.69, 9.17) is 11.6 Å². The molecular weight excluding hydrogens is 372 g/mol. The molecule has 0 fully saturated rings. The van der Waals surface area contributed by atoms with Gasteiger partial charge in [0.25, 0.3) is 5.91 Å². The molecule has 2 rings (SSSR count). The largest absolute Gasteiger partial charge is 0.322 e. The molecule has 0 aliphatic rings. The van der Waals surface area contributed by atoms with Gasteiger partial charge in [-0.1, -0.05) is 37.6 Å². The lowest BCUT2D eigenvalue weighted by Crippen LogP contribution is -2.23. The van der Waals surface area contributed by atoms with Gasteiger partial charge in [0.05, 0.1) is 15.5 Å². The summed E-state index contributed by atoms with van der Waals surface area (Å²) < 4.78 is 25.6. The second-order valence-electron chi connectivity index (χ2n) is 6.31. The third-order valence-electron chi connectivity index (χ3n) is 4.31. The van der Waals surface area contributed by atoms with E-state index in [-0.39, 0.29) is 15.5 Å². The zero-order valence-corrected chi connectivity index (χ0v) is 16.9. The summed E-state index contributed by atoms with van der Waals surface area (Å²) in [5, 5.41) is 2.95. The van der Waals surface area contributed by atoms with Gasteiger partial charge in [0.2, 0.25) is 10.0 Å². The molecule has 5 nitrogen and oxygen atoms in total. The minimum Gasteiger partial charge on any atom is -0.322 e. The molecule has 0 bridgehead atoms. The van der Waals surface area contributed by atoms with E-state index in [2.05, 4.69) is 19.2 Å². The maximum absolute atomic E-state index is 12.6. The Labute approximate surface area is 160 Å². The number of sulfonamides is 1. The molecule has 1 N–H and O–H groups in total. The van der Waals surface area contributed by atoms with Gasteiger partial charge in [0.15, 0.2) is 0 Å². The van der Waals surface area contributed by atoms with Crippen LogP contribution >= 0.6 is 11.6 Å². The van der Waals surface area contributed by atoms with E-state index in [1.807, 2.05) is 24.3 Å². The van der Waals surface area contributed by atoms with Crippen LogP contribution in [0.1, 0.15) is 42.1 Å². The van der Waals surface area contributed by atoms with Crippen molar-refractivity contribution in [2.45, 2.75) is 31.1 Å². The standard InChI is InChI=1S/C19H23ClN2O3S/c1-5-13(2)14-6-8-15(9-7-14)21-19(23)17-12-16(10-11-18(17)20)26(24,25)22(3)4/h6-13H,5H2,1-4H3,(H,21,23)/t13-/m1/s1. The number of nitrogens with zero attached hydrogens (tertiary/aromatic N) is 1. The lowest BCUT2D eigenvalue weighted by molar-refractivity contribution is 0.102. The average Bonchev–Trinajstić information content (AvgIpc) is 2.61. The smallest absolute Gasteiger partial charge is 0.257 e. The predicted molar refractivity (Wildman–Crippen MR) is 105 cm³/mol. The molecular formula is C19H23ClN2O3S. The predicted octanol–water partition coefficient (Wildman–Crippen LogP) is 4.36. The molecule has 7 heteroatoms. The summed E-state index contributed by atoms with van der Waals surface area (Å²) in [7, 11) is -0.780. The quantitative estimate of drug-likeness (QED) is 0.791. The monoisotopic (exact) mass is 394 g/mol. The molecule has 1 amide bonds. The normalized spacial score (nSPS) is 12.8. The summed E-state index contributed by atoms with van der Waals surface area (Å²) in [6.45, 7) is 4.27. The number of amides is 1. The molecule has 0 aliphatic carbocycles. The minimum absolute atomic E-state index is 0.0177. The summed E-state index contributed by atoms with van der Waals surface area (Å²) >= 11 is 6.10. The Bertz CT molecular complexity index is 894. The Morgan fingerprint density at radius 1 is 1.15 bits per heavy atom. The van der Waals surface area contributed by atoms with Gasteiger partial charge in [0, 0.05) is 19.8 Å². The van der Waals surface area contributed by atoms with Crippen molar-refractivity contribution in [2.75, 3.05) is 19.4 Å². The van der Waals surface area contributed by atoms with Crippen LogP contribution < -0.4 is 5.32 Å². The SMILES string of the molecule is CC[C@@H](C)c1ccc(NC(=O)c2cc(S(=O)(=O)N(C)C)ccc2Cl)cc1. The molecule has 2 aromatic rings. The number of carbonyl (C=O) groups is 1. The van der Waals surface area contributed by atoms with Crippen LogP contribution in [0.5, 0.6) is 0 Å². The van der Waals surface area contributed by atoms with Crippen LogP contribution in [-0.4, -0.2) is 32.7 Å². The Balaban J connectivity index is 2.27. The topological polar surface area (TPSA) is 66.5 Å². The molecule has 0 heterocycles. The average molecular weight is 395 g/mol. The van der Waals surface area contributed by atoms with E-state index in [0.717, 1.165) is 10.7 Å². The zero-order chi connectivity index (χ0) is 19.5. The Hall–Kier alpha value is -1.89. The van der Waals surface area contributed by atoms with Crippen LogP contribution in [0.25, 0.3) is 0 Å². The maximum Gasteiger partial charge on any atom is 0.257 e. The van der Waals surface area contributed by atoms with Crippen molar-refractivity contribution in [1.29, 1.82) is 0 Å². The number of halogens is 1. The summed E-state index contributed by atoms with van der Waals surface area (Å²) in [5.41, 5.74) is 1.93. The molecule has 0 aliphatic heterocycles. The Kier molecular flexibility index (Phi) is 6.44. The first-order valence-corrected chi connectivity index (χ1v) is 10.1. The van der Waals surface area contributed by atoms with E-state index in [9.17, 15) is 13.2 Å². The van der Waals surface area contributed by atoms with Crippen LogP contribution in [0.4, 0.5) is 5.69 Å². The van der Waals surface area contributed by atoms with Crippen molar-refractivity contribution in [2.24, 2.45) is 0 Å². The molecule has 0 radical (unpaired) electrons. The molecule has 0 spiro atoms. The molecule has 0 saturated carbocycles. The van der Waals surface area contributed by atoms with Crippen molar-refractivity contribution in [3.63, 3.8) is 0 Å². The molecule has 140 valence electrons. The van der Waals surface area contributed by atoms with Crippen molar-refractivity contribution < 1.29 is 13.2 Å². The fraction of sp³-hybridized carbons (Fsp3) is 0.316. The summed E-state index contributed by atoms with van der Waals surface area (Å²) in [6.07, 6.45) is 1.04. The zero-order valence-electron chi connectivity index (χ0n) is 15.3. The highest BCUT2D eigenvalue weighted by Crippen LogP contribution is 2.24. The summed E-state index contributed by atoms with van der Waals surface area (Å²) in [4.78, 5) is 12.6. The number of nitrogens with one attached hydrogen (secondary N) is 1. The highest BCUT2D eigenvalue weighted by atomic mass is 35.5. The van der Waals surface area contributed by atoms with Gasteiger partial charge >= 0.3 is 0 Å². The minimum atomic E-state index is -3.65. The fourth-order valence-electron chi connectivity index (χ4n) is 2.38. The third kappa shape index (κ3) is 4.44. The molecule has 26 heavy (non-hydrogen) atoms. The summed E-state index contributed by atoms with van der Waals surface area (Å²) in [6, 6.07) is 11.7. The number of carbonyl (C=O) groups excluding carboxylic acids is 1. The first-order chi connectivity index (χ1) is 12.2. The van der Waals surface area contributed by atoms with Gasteiger partial charge in [-0.2, -0.15) is 0 Å². The number of rotatable bonds is 6. The molecule has 0 aromatic heterocycles. The van der Waals surface area contributed by atoms with Crippen LogP contribution in [0.15, 0.2) is 47.4 Å².